The van der Waals surface area contributed by atoms with Gasteiger partial charge in [-0.2, -0.15) is 0 Å². The van der Waals surface area contributed by atoms with Crippen molar-refractivity contribution >= 4 is 10.0 Å². The molecular formula is C18H25N3O5S. The second kappa shape index (κ2) is 7.87. The molecule has 1 aromatic carbocycles. The molecule has 0 unspecified atom stereocenters. The highest BCUT2D eigenvalue weighted by atomic mass is 32.2. The van der Waals surface area contributed by atoms with Crippen LogP contribution in [0.15, 0.2) is 30.6 Å². The van der Waals surface area contributed by atoms with Crippen molar-refractivity contribution in [3.8, 4) is 22.9 Å². The van der Waals surface area contributed by atoms with Crippen LogP contribution in [0.5, 0.6) is 11.5 Å². The Bertz CT molecular complexity index is 894. The van der Waals surface area contributed by atoms with E-state index in [9.17, 15) is 8.42 Å². The van der Waals surface area contributed by atoms with Crippen LogP contribution in [0.1, 0.15) is 6.04 Å². The third kappa shape index (κ3) is 3.80. The molecule has 0 saturated carbocycles. The summed E-state index contributed by atoms with van der Waals surface area (Å²) in [5, 5.41) is 0. The summed E-state index contributed by atoms with van der Waals surface area (Å²) in [4.78, 5) is 4.49. The lowest BCUT2D eigenvalue weighted by atomic mass is 10.1. The number of hydrogen-bond acceptors (Lipinski definition) is 6. The smallest absolute Gasteiger partial charge is 0.214 e. The number of benzene rings is 1. The molecule has 2 aromatic rings. The number of rotatable bonds is 7. The summed E-state index contributed by atoms with van der Waals surface area (Å²) in [6.45, 7) is 0.827. The molecule has 0 N–H and O–H groups in total. The molecule has 0 radical (unpaired) electrons. The van der Waals surface area contributed by atoms with Crippen LogP contribution in [0.3, 0.4) is 0 Å². The van der Waals surface area contributed by atoms with Gasteiger partial charge in [0, 0.05) is 32.4 Å². The first-order valence-corrected chi connectivity index (χ1v) is 10.2. The number of methoxy groups -OCH3 is 2. The fourth-order valence-corrected chi connectivity index (χ4v) is 4.48. The van der Waals surface area contributed by atoms with Gasteiger partial charge in [-0.1, -0.05) is 6.07 Å². The Kier molecular flexibility index (Phi) is 5.73. The van der Waals surface area contributed by atoms with Crippen LogP contribution in [0.25, 0.3) is 11.4 Å². The van der Waals surface area contributed by atoms with E-state index in [0.29, 0.717) is 30.5 Å². The molecule has 0 amide bonds. The summed E-state index contributed by atoms with van der Waals surface area (Å²) >= 11 is 0. The molecule has 9 heteroatoms. The minimum atomic E-state index is -3.33. The number of imidazole rings is 1. The number of sulfonamides is 1. The maximum atomic E-state index is 12.3. The Morgan fingerprint density at radius 2 is 2.04 bits per heavy atom. The maximum absolute atomic E-state index is 12.3. The average Bonchev–Trinajstić information content (AvgIpc) is 3.29. The second-order valence-corrected chi connectivity index (χ2v) is 8.85. The molecule has 2 heterocycles. The molecule has 1 aliphatic rings. The zero-order chi connectivity index (χ0) is 19.6. The molecule has 2 atom stereocenters. The highest BCUT2D eigenvalue weighted by molar-refractivity contribution is 7.89. The molecule has 1 aliphatic heterocycles. The maximum Gasteiger partial charge on any atom is 0.214 e. The van der Waals surface area contributed by atoms with E-state index < -0.39 is 10.0 Å². The molecule has 0 spiro atoms. The predicted octanol–water partition coefficient (Wildman–Crippen LogP) is 1.65. The van der Waals surface area contributed by atoms with Gasteiger partial charge in [-0.25, -0.2) is 17.7 Å². The van der Waals surface area contributed by atoms with Gasteiger partial charge in [-0.05, 0) is 12.1 Å². The summed E-state index contributed by atoms with van der Waals surface area (Å²) in [6.07, 6.45) is 3.55. The second-order valence-electron chi connectivity index (χ2n) is 6.63. The van der Waals surface area contributed by atoms with Crippen molar-refractivity contribution in [3.63, 3.8) is 0 Å². The van der Waals surface area contributed by atoms with Crippen molar-refractivity contribution in [2.75, 3.05) is 47.3 Å². The molecule has 148 valence electrons. The predicted molar refractivity (Wildman–Crippen MR) is 102 cm³/mol. The number of hydrogen-bond donors (Lipinski definition) is 0. The lowest BCUT2D eigenvalue weighted by Gasteiger charge is -2.23. The minimum absolute atomic E-state index is 0.0253. The van der Waals surface area contributed by atoms with Crippen molar-refractivity contribution in [2.24, 2.45) is 5.92 Å². The molecule has 8 nitrogen and oxygen atoms in total. The average molecular weight is 395 g/mol. The normalized spacial score (nSPS) is 20.2. The quantitative estimate of drug-likeness (QED) is 0.709. The SMILES string of the molecule is COc1cccc(-c2nccn2[C@@H]2COC[C@@H]2CS(=O)(=O)N(C)C)c1OC. The Hall–Kier alpha value is -2.10. The molecule has 1 saturated heterocycles. The Labute approximate surface area is 159 Å². The summed E-state index contributed by atoms with van der Waals surface area (Å²) in [5.74, 6) is 1.75. The van der Waals surface area contributed by atoms with Crippen LogP contribution in [0.4, 0.5) is 0 Å². The molecule has 1 aromatic heterocycles. The first kappa shape index (κ1) is 19.7. The van der Waals surface area contributed by atoms with E-state index in [2.05, 4.69) is 4.98 Å². The Morgan fingerprint density at radius 3 is 2.70 bits per heavy atom. The highest BCUT2D eigenvalue weighted by Crippen LogP contribution is 2.39. The van der Waals surface area contributed by atoms with Gasteiger partial charge in [0.1, 0.15) is 5.82 Å². The minimum Gasteiger partial charge on any atom is -0.493 e. The van der Waals surface area contributed by atoms with E-state index >= 15 is 0 Å². The lowest BCUT2D eigenvalue weighted by molar-refractivity contribution is 0.182. The zero-order valence-electron chi connectivity index (χ0n) is 16.0. The molecule has 0 bridgehead atoms. The van der Waals surface area contributed by atoms with Gasteiger partial charge in [0.15, 0.2) is 11.5 Å². The van der Waals surface area contributed by atoms with Crippen LogP contribution in [0, 0.1) is 5.92 Å². The van der Waals surface area contributed by atoms with Gasteiger partial charge in [0.2, 0.25) is 10.0 Å². The van der Waals surface area contributed by atoms with Crippen molar-refractivity contribution in [1.29, 1.82) is 0 Å². The lowest BCUT2D eigenvalue weighted by Crippen LogP contribution is -2.32. The highest BCUT2D eigenvalue weighted by Gasteiger charge is 2.35. The van der Waals surface area contributed by atoms with E-state index in [0.717, 1.165) is 5.56 Å². The Morgan fingerprint density at radius 1 is 1.26 bits per heavy atom. The third-order valence-corrected chi connectivity index (χ3v) is 6.78. The number of aromatic nitrogens is 2. The van der Waals surface area contributed by atoms with E-state index in [1.54, 1.807) is 34.5 Å². The monoisotopic (exact) mass is 395 g/mol. The van der Waals surface area contributed by atoms with Crippen molar-refractivity contribution in [1.82, 2.24) is 13.9 Å². The van der Waals surface area contributed by atoms with Crippen molar-refractivity contribution in [2.45, 2.75) is 6.04 Å². The van der Waals surface area contributed by atoms with Crippen LogP contribution in [-0.4, -0.2) is 69.6 Å². The van der Waals surface area contributed by atoms with Gasteiger partial charge in [-0.3, -0.25) is 0 Å². The van der Waals surface area contributed by atoms with Crippen LogP contribution in [-0.2, 0) is 14.8 Å². The van der Waals surface area contributed by atoms with Crippen molar-refractivity contribution < 1.29 is 22.6 Å². The van der Waals surface area contributed by atoms with Gasteiger partial charge in [0.25, 0.3) is 0 Å². The topological polar surface area (TPSA) is 82.9 Å². The first-order valence-electron chi connectivity index (χ1n) is 8.61. The summed E-state index contributed by atoms with van der Waals surface area (Å²) in [5.41, 5.74) is 0.781. The third-order valence-electron chi connectivity index (χ3n) is 4.82. The Balaban J connectivity index is 1.98. The summed E-state index contributed by atoms with van der Waals surface area (Å²) < 4.78 is 44.5. The van der Waals surface area contributed by atoms with Gasteiger partial charge in [0.05, 0.1) is 44.8 Å². The van der Waals surface area contributed by atoms with Gasteiger partial charge in [-0.15, -0.1) is 0 Å². The summed E-state index contributed by atoms with van der Waals surface area (Å²) in [7, 11) is 2.93. The van der Waals surface area contributed by atoms with Crippen LogP contribution >= 0.6 is 0 Å². The molecular weight excluding hydrogens is 370 g/mol. The fourth-order valence-electron chi connectivity index (χ4n) is 3.33. The molecule has 1 fully saturated rings. The number of nitrogens with zero attached hydrogens (tertiary/aromatic N) is 3. The number of para-hydroxylation sites is 1. The molecule has 0 aliphatic carbocycles. The molecule has 3 rings (SSSR count). The van der Waals surface area contributed by atoms with Crippen LogP contribution < -0.4 is 9.47 Å². The summed E-state index contributed by atoms with van der Waals surface area (Å²) in [6, 6.07) is 5.46. The largest absolute Gasteiger partial charge is 0.493 e. The standard InChI is InChI=1S/C18H25N3O5S/c1-20(2)27(22,23)12-13-10-26-11-15(13)21-9-8-19-18(21)14-6-5-7-16(24-3)17(14)25-4/h5-9,13,15H,10-12H2,1-4H3/t13-,15-/m1/s1. The van der Waals surface area contributed by atoms with E-state index in [4.69, 9.17) is 14.2 Å². The van der Waals surface area contributed by atoms with Gasteiger partial charge < -0.3 is 18.8 Å². The van der Waals surface area contributed by atoms with E-state index in [1.165, 1.54) is 4.31 Å². The van der Waals surface area contributed by atoms with Crippen LogP contribution in [0.2, 0.25) is 0 Å². The molecule has 27 heavy (non-hydrogen) atoms. The first-order chi connectivity index (χ1) is 12.9. The zero-order valence-corrected chi connectivity index (χ0v) is 16.8. The number of ether oxygens (including phenoxy) is 3. The van der Waals surface area contributed by atoms with E-state index in [-0.39, 0.29) is 17.7 Å². The fraction of sp³-hybridized carbons (Fsp3) is 0.500. The van der Waals surface area contributed by atoms with E-state index in [1.807, 2.05) is 29.0 Å². The van der Waals surface area contributed by atoms with Gasteiger partial charge >= 0.3 is 0 Å². The van der Waals surface area contributed by atoms with Crippen molar-refractivity contribution in [3.05, 3.63) is 30.6 Å².